The van der Waals surface area contributed by atoms with E-state index >= 15 is 0 Å². The lowest BCUT2D eigenvalue weighted by Crippen LogP contribution is -2.29. The van der Waals surface area contributed by atoms with Gasteiger partial charge >= 0.3 is 0 Å². The number of nitrogens with zero attached hydrogens (tertiary/aromatic N) is 2. The van der Waals surface area contributed by atoms with Crippen LogP contribution in [0.5, 0.6) is 0 Å². The van der Waals surface area contributed by atoms with E-state index in [9.17, 15) is 12.8 Å². The van der Waals surface area contributed by atoms with Crippen LogP contribution in [0.3, 0.4) is 0 Å². The molecule has 0 saturated heterocycles. The Balaban J connectivity index is 1.93. The van der Waals surface area contributed by atoms with Crippen LogP contribution in [-0.4, -0.2) is 38.0 Å². The maximum absolute atomic E-state index is 13.1. The van der Waals surface area contributed by atoms with E-state index in [0.717, 1.165) is 30.4 Å². The van der Waals surface area contributed by atoms with Crippen molar-refractivity contribution in [2.45, 2.75) is 18.7 Å². The summed E-state index contributed by atoms with van der Waals surface area (Å²) >= 11 is 5.61. The van der Waals surface area contributed by atoms with Gasteiger partial charge in [-0.25, -0.2) is 22.5 Å². The van der Waals surface area contributed by atoms with Crippen molar-refractivity contribution in [1.29, 1.82) is 0 Å². The van der Waals surface area contributed by atoms with Crippen molar-refractivity contribution in [2.24, 2.45) is 0 Å². The van der Waals surface area contributed by atoms with Crippen molar-refractivity contribution in [3.63, 3.8) is 0 Å². The zero-order valence-electron chi connectivity index (χ0n) is 13.8. The molecule has 1 aromatic carbocycles. The monoisotopic (exact) mass is 387 g/mol. The summed E-state index contributed by atoms with van der Waals surface area (Å²) in [6.45, 7) is 4.92. The normalized spacial score (nSPS) is 11.4. The van der Waals surface area contributed by atoms with Crippen LogP contribution in [0.2, 0.25) is 5.02 Å². The van der Waals surface area contributed by atoms with E-state index in [1.54, 1.807) is 0 Å². The molecule has 7 nitrogen and oxygen atoms in total. The lowest BCUT2D eigenvalue weighted by molar-refractivity contribution is 0.582. The van der Waals surface area contributed by atoms with Gasteiger partial charge in [0.05, 0.1) is 9.92 Å². The summed E-state index contributed by atoms with van der Waals surface area (Å²) in [5, 5.41) is 5.80. The molecule has 25 heavy (non-hydrogen) atoms. The minimum Gasteiger partial charge on any atom is -0.370 e. The quantitative estimate of drug-likeness (QED) is 0.602. The minimum absolute atomic E-state index is 0.0971. The van der Waals surface area contributed by atoms with Gasteiger partial charge < -0.3 is 10.6 Å². The predicted molar refractivity (Wildman–Crippen MR) is 96.0 cm³/mol. The summed E-state index contributed by atoms with van der Waals surface area (Å²) in [6.07, 6.45) is 0. The highest BCUT2D eigenvalue weighted by atomic mass is 35.5. The Kier molecular flexibility index (Phi) is 6.51. The van der Waals surface area contributed by atoms with Gasteiger partial charge in [-0.15, -0.1) is 0 Å². The van der Waals surface area contributed by atoms with Crippen LogP contribution in [0.15, 0.2) is 29.2 Å². The smallest absolute Gasteiger partial charge is 0.240 e. The fourth-order valence-corrected chi connectivity index (χ4v) is 3.31. The number of aryl methyl sites for hydroxylation is 1. The third kappa shape index (κ3) is 5.52. The van der Waals surface area contributed by atoms with Gasteiger partial charge in [0.1, 0.15) is 11.6 Å². The Hall–Kier alpha value is -1.97. The molecular formula is C15H19ClFN5O2S. The fraction of sp³-hybridized carbons (Fsp3) is 0.333. The van der Waals surface area contributed by atoms with E-state index in [4.69, 9.17) is 11.6 Å². The number of hydrogen-bond acceptors (Lipinski definition) is 6. The molecule has 136 valence electrons. The highest BCUT2D eigenvalue weighted by molar-refractivity contribution is 7.89. The largest absolute Gasteiger partial charge is 0.370 e. The minimum atomic E-state index is -3.77. The number of nitrogens with one attached hydrogen (secondary N) is 3. The van der Waals surface area contributed by atoms with Crippen LogP contribution >= 0.6 is 11.6 Å². The molecular weight excluding hydrogens is 369 g/mol. The number of hydrogen-bond donors (Lipinski definition) is 3. The first kappa shape index (κ1) is 19.4. The number of sulfonamides is 1. The molecule has 0 aliphatic heterocycles. The molecule has 1 heterocycles. The summed E-state index contributed by atoms with van der Waals surface area (Å²) < 4.78 is 39.8. The maximum atomic E-state index is 13.1. The number of aromatic nitrogens is 2. The molecule has 10 heteroatoms. The molecule has 0 aliphatic carbocycles. The Bertz CT molecular complexity index is 848. The van der Waals surface area contributed by atoms with E-state index in [2.05, 4.69) is 25.3 Å². The first-order chi connectivity index (χ1) is 11.8. The molecule has 2 rings (SSSR count). The number of rotatable bonds is 8. The molecule has 3 N–H and O–H groups in total. The number of benzene rings is 1. The molecule has 0 bridgehead atoms. The molecule has 0 spiro atoms. The maximum Gasteiger partial charge on any atom is 0.240 e. The molecule has 0 unspecified atom stereocenters. The summed E-state index contributed by atoms with van der Waals surface area (Å²) in [6, 6.07) is 5.05. The van der Waals surface area contributed by atoms with Crippen molar-refractivity contribution in [2.75, 3.05) is 30.3 Å². The second-order valence-corrected chi connectivity index (χ2v) is 7.32. The van der Waals surface area contributed by atoms with Gasteiger partial charge in [0, 0.05) is 31.4 Å². The van der Waals surface area contributed by atoms with Gasteiger partial charge in [-0.05, 0) is 32.0 Å². The number of halogens is 2. The van der Waals surface area contributed by atoms with E-state index in [1.807, 2.05) is 19.9 Å². The van der Waals surface area contributed by atoms with Gasteiger partial charge in [0.15, 0.2) is 0 Å². The lowest BCUT2D eigenvalue weighted by Gasteiger charge is -2.10. The summed E-state index contributed by atoms with van der Waals surface area (Å²) in [4.78, 5) is 8.40. The van der Waals surface area contributed by atoms with Crippen molar-refractivity contribution < 1.29 is 12.8 Å². The molecule has 1 aromatic heterocycles. The molecule has 0 aliphatic rings. The van der Waals surface area contributed by atoms with Gasteiger partial charge in [-0.2, -0.15) is 4.98 Å². The molecule has 0 atom stereocenters. The van der Waals surface area contributed by atoms with Gasteiger partial charge in [-0.1, -0.05) is 11.6 Å². The van der Waals surface area contributed by atoms with Crippen molar-refractivity contribution in [1.82, 2.24) is 14.7 Å². The van der Waals surface area contributed by atoms with E-state index in [1.165, 1.54) is 0 Å². The first-order valence-corrected chi connectivity index (χ1v) is 9.46. The average molecular weight is 388 g/mol. The van der Waals surface area contributed by atoms with Crippen LogP contribution in [0.25, 0.3) is 0 Å². The molecule has 0 amide bonds. The second-order valence-electron chi connectivity index (χ2n) is 5.15. The van der Waals surface area contributed by atoms with E-state index < -0.39 is 15.8 Å². The molecule has 0 radical (unpaired) electrons. The summed E-state index contributed by atoms with van der Waals surface area (Å²) in [7, 11) is -3.77. The Morgan fingerprint density at radius 3 is 2.60 bits per heavy atom. The Morgan fingerprint density at radius 1 is 1.16 bits per heavy atom. The highest BCUT2D eigenvalue weighted by Crippen LogP contribution is 2.19. The standard InChI is InChI=1S/C15H19ClFN5O2S/c1-3-18-14-8-10(2)21-15(22-14)19-6-7-20-25(23,24)11-4-5-13(17)12(16)9-11/h4-5,8-9,20H,3,6-7H2,1-2H3,(H2,18,19,21,22). The fourth-order valence-electron chi connectivity index (χ4n) is 2.01. The highest BCUT2D eigenvalue weighted by Gasteiger charge is 2.15. The van der Waals surface area contributed by atoms with Crippen LogP contribution in [0.4, 0.5) is 16.2 Å². The second kappa shape index (κ2) is 8.41. The van der Waals surface area contributed by atoms with Crippen molar-refractivity contribution in [3.05, 3.63) is 40.8 Å². The van der Waals surface area contributed by atoms with Crippen LogP contribution < -0.4 is 15.4 Å². The Labute approximate surface area is 151 Å². The third-order valence-corrected chi connectivity index (χ3v) is 4.86. The van der Waals surface area contributed by atoms with Crippen molar-refractivity contribution in [3.8, 4) is 0 Å². The van der Waals surface area contributed by atoms with Crippen LogP contribution in [0, 0.1) is 12.7 Å². The first-order valence-electron chi connectivity index (χ1n) is 7.60. The zero-order chi connectivity index (χ0) is 18.4. The van der Waals surface area contributed by atoms with Gasteiger partial charge in [0.25, 0.3) is 0 Å². The van der Waals surface area contributed by atoms with Crippen LogP contribution in [-0.2, 0) is 10.0 Å². The third-order valence-electron chi connectivity index (χ3n) is 3.11. The molecule has 2 aromatic rings. The van der Waals surface area contributed by atoms with Gasteiger partial charge in [0.2, 0.25) is 16.0 Å². The van der Waals surface area contributed by atoms with Crippen LogP contribution in [0.1, 0.15) is 12.6 Å². The number of anilines is 2. The zero-order valence-corrected chi connectivity index (χ0v) is 15.4. The Morgan fingerprint density at radius 2 is 1.92 bits per heavy atom. The molecule has 0 fully saturated rings. The van der Waals surface area contributed by atoms with E-state index in [-0.39, 0.29) is 23.0 Å². The summed E-state index contributed by atoms with van der Waals surface area (Å²) in [5.74, 6) is 0.425. The summed E-state index contributed by atoms with van der Waals surface area (Å²) in [5.41, 5.74) is 0.787. The van der Waals surface area contributed by atoms with E-state index in [0.29, 0.717) is 11.8 Å². The predicted octanol–water partition coefficient (Wildman–Crippen LogP) is 2.40. The van der Waals surface area contributed by atoms with Crippen molar-refractivity contribution >= 4 is 33.4 Å². The van der Waals surface area contributed by atoms with Gasteiger partial charge in [-0.3, -0.25) is 0 Å². The topological polar surface area (TPSA) is 96.0 Å². The SMILES string of the molecule is CCNc1cc(C)nc(NCCNS(=O)(=O)c2ccc(F)c(Cl)c2)n1. The average Bonchev–Trinajstić information content (AvgIpc) is 2.54. The lowest BCUT2D eigenvalue weighted by atomic mass is 10.3. The molecule has 0 saturated carbocycles.